The molecule has 2 saturated heterocycles. The average Bonchev–Trinajstić information content (AvgIpc) is 3.45. The molecule has 4 heterocycles. The van der Waals surface area contributed by atoms with E-state index in [1.807, 2.05) is 0 Å². The molecule has 11 nitrogen and oxygen atoms in total. The van der Waals surface area contributed by atoms with Gasteiger partial charge in [-0.05, 0) is 22.2 Å². The number of rotatable bonds is 8. The van der Waals surface area contributed by atoms with Crippen molar-refractivity contribution in [1.29, 1.82) is 0 Å². The molecule has 0 aromatic carbocycles. The van der Waals surface area contributed by atoms with E-state index in [1.165, 1.54) is 10.9 Å². The molecule has 2 aliphatic rings. The van der Waals surface area contributed by atoms with Gasteiger partial charge in [0.1, 0.15) is 12.2 Å². The summed E-state index contributed by atoms with van der Waals surface area (Å²) in [6.45, 7) is 20.4. The van der Waals surface area contributed by atoms with Crippen molar-refractivity contribution in [3.05, 3.63) is 6.33 Å². The Morgan fingerprint density at radius 3 is 2.19 bits per heavy atom. The standard InChI is InChI=1S/C29H47FN6O5Si2/c1-13-29(30)23-21(14-38-42(17(4)5,18(6)7)41-43(40-23,19(8)9)20(10)11)39-27(29)36-15-32-22-24(31-12)33-28(34-25(22)36)35-26(37)16(2)3/h1,15-21,23,27H,14H2,2-12H3,(H2,31,33,34,35,37)/t21-,23?,27-,29-/m1/s1. The molecule has 14 heteroatoms. The van der Waals surface area contributed by atoms with Crippen molar-refractivity contribution in [3.63, 3.8) is 0 Å². The van der Waals surface area contributed by atoms with Crippen LogP contribution in [0.25, 0.3) is 11.2 Å². The summed E-state index contributed by atoms with van der Waals surface area (Å²) in [5.41, 5.74) is -1.61. The van der Waals surface area contributed by atoms with Crippen molar-refractivity contribution in [1.82, 2.24) is 19.5 Å². The first-order valence-corrected chi connectivity index (χ1v) is 19.1. The third-order valence-electron chi connectivity index (χ3n) is 8.63. The maximum absolute atomic E-state index is 17.5. The second-order valence-electron chi connectivity index (χ2n) is 13.1. The van der Waals surface area contributed by atoms with Crippen LogP contribution in [0.15, 0.2) is 6.33 Å². The van der Waals surface area contributed by atoms with Crippen molar-refractivity contribution in [3.8, 4) is 12.3 Å². The zero-order valence-electron chi connectivity index (χ0n) is 27.2. The highest BCUT2D eigenvalue weighted by atomic mass is 28.5. The van der Waals surface area contributed by atoms with E-state index in [1.54, 1.807) is 20.9 Å². The maximum Gasteiger partial charge on any atom is 0.335 e. The summed E-state index contributed by atoms with van der Waals surface area (Å²) in [7, 11) is -4.38. The Morgan fingerprint density at radius 1 is 1.07 bits per heavy atom. The van der Waals surface area contributed by atoms with Gasteiger partial charge in [-0.3, -0.25) is 14.7 Å². The Morgan fingerprint density at radius 2 is 1.67 bits per heavy atom. The molecule has 2 aromatic heterocycles. The number of nitrogens with one attached hydrogen (secondary N) is 2. The first-order valence-electron chi connectivity index (χ1n) is 15.1. The molecule has 4 rings (SSSR count). The summed E-state index contributed by atoms with van der Waals surface area (Å²) < 4.78 is 46.4. The van der Waals surface area contributed by atoms with Gasteiger partial charge < -0.3 is 23.0 Å². The molecular weight excluding hydrogens is 588 g/mol. The Bertz CT molecular complexity index is 1360. The predicted molar refractivity (Wildman–Crippen MR) is 169 cm³/mol. The third-order valence-corrected chi connectivity index (χ3v) is 18.9. The van der Waals surface area contributed by atoms with E-state index in [0.29, 0.717) is 11.3 Å². The predicted octanol–water partition coefficient (Wildman–Crippen LogP) is 5.66. The Hall–Kier alpha value is -2.42. The molecule has 1 unspecified atom stereocenters. The number of nitrogens with zero attached hydrogens (tertiary/aromatic N) is 4. The summed E-state index contributed by atoms with van der Waals surface area (Å²) >= 11 is 0. The van der Waals surface area contributed by atoms with Crippen molar-refractivity contribution in [2.75, 3.05) is 24.3 Å². The summed E-state index contributed by atoms with van der Waals surface area (Å²) in [5.74, 6) is 2.25. The number of imidazole rings is 1. The van der Waals surface area contributed by atoms with Gasteiger partial charge in [-0.15, -0.1) is 6.42 Å². The Balaban J connectivity index is 1.87. The lowest BCUT2D eigenvalue weighted by atomic mass is 9.97. The highest BCUT2D eigenvalue weighted by Crippen LogP contribution is 2.52. The van der Waals surface area contributed by atoms with Crippen molar-refractivity contribution in [2.45, 2.75) is 116 Å². The lowest BCUT2D eigenvalue weighted by Crippen LogP contribution is -2.66. The normalized spacial score (nSPS) is 27.0. The van der Waals surface area contributed by atoms with Crippen LogP contribution in [0.2, 0.25) is 22.2 Å². The summed E-state index contributed by atoms with van der Waals surface area (Å²) in [5, 5.41) is 5.69. The van der Waals surface area contributed by atoms with E-state index in [2.05, 4.69) is 86.9 Å². The SMILES string of the molecule is C#C[C@@]1(F)C2O[Si](C(C)C)(C(C)C)O[Si](C(C)C)(C(C)C)OC[C@H]2O[C@H]1n1cnc2c(NC)nc(NC(=O)C(C)C)nc21. The number of ether oxygens (including phenoxy) is 1. The molecule has 4 atom stereocenters. The topological polar surface area (TPSA) is 122 Å². The minimum absolute atomic E-state index is 0.0209. The number of carbonyl (C=O) groups is 1. The lowest BCUT2D eigenvalue weighted by molar-refractivity contribution is -0.118. The van der Waals surface area contributed by atoms with E-state index in [4.69, 9.17) is 24.1 Å². The van der Waals surface area contributed by atoms with Crippen LogP contribution in [0, 0.1) is 18.3 Å². The molecule has 0 bridgehead atoms. The molecule has 0 saturated carbocycles. The fourth-order valence-electron chi connectivity index (χ4n) is 6.15. The number of aromatic nitrogens is 4. The van der Waals surface area contributed by atoms with Crippen LogP contribution in [-0.4, -0.2) is 74.1 Å². The van der Waals surface area contributed by atoms with Crippen LogP contribution < -0.4 is 10.6 Å². The second kappa shape index (κ2) is 12.2. The van der Waals surface area contributed by atoms with Crippen LogP contribution in [0.3, 0.4) is 0 Å². The van der Waals surface area contributed by atoms with Gasteiger partial charge in [0, 0.05) is 13.0 Å². The summed E-state index contributed by atoms with van der Waals surface area (Å²) in [4.78, 5) is 25.8. The first kappa shape index (κ1) is 33.5. The van der Waals surface area contributed by atoms with Gasteiger partial charge in [0.2, 0.25) is 17.5 Å². The smallest absolute Gasteiger partial charge is 0.335 e. The van der Waals surface area contributed by atoms with E-state index in [9.17, 15) is 4.79 Å². The van der Waals surface area contributed by atoms with E-state index >= 15 is 4.39 Å². The average molecular weight is 635 g/mol. The van der Waals surface area contributed by atoms with E-state index < -0.39 is 41.2 Å². The number of halogens is 1. The Labute approximate surface area is 256 Å². The monoisotopic (exact) mass is 634 g/mol. The summed E-state index contributed by atoms with van der Waals surface area (Å²) in [6, 6.07) is 0. The van der Waals surface area contributed by atoms with E-state index in [-0.39, 0.29) is 52.2 Å². The molecule has 2 aliphatic heterocycles. The number of carbonyl (C=O) groups excluding carboxylic acids is 1. The highest BCUT2D eigenvalue weighted by Gasteiger charge is 2.66. The molecule has 1 amide bonds. The van der Waals surface area contributed by atoms with Gasteiger partial charge in [0.05, 0.1) is 12.9 Å². The van der Waals surface area contributed by atoms with Crippen LogP contribution in [0.4, 0.5) is 16.2 Å². The maximum atomic E-state index is 17.5. The molecule has 43 heavy (non-hydrogen) atoms. The van der Waals surface area contributed by atoms with Gasteiger partial charge in [-0.2, -0.15) is 9.97 Å². The molecule has 0 aliphatic carbocycles. The molecule has 0 radical (unpaired) electrons. The van der Waals surface area contributed by atoms with Gasteiger partial charge in [-0.25, -0.2) is 9.37 Å². The molecule has 2 N–H and O–H groups in total. The number of amides is 1. The summed E-state index contributed by atoms with van der Waals surface area (Å²) in [6.07, 6.45) is 4.12. The molecule has 238 valence electrons. The fourth-order valence-corrected chi connectivity index (χ4v) is 17.4. The number of fused-ring (bicyclic) bond motifs is 2. The van der Waals surface area contributed by atoms with Crippen LogP contribution in [0.1, 0.15) is 75.5 Å². The largest absolute Gasteiger partial charge is 0.414 e. The van der Waals surface area contributed by atoms with Gasteiger partial charge in [0.25, 0.3) is 0 Å². The molecule has 2 aromatic rings. The molecular formula is C29H47FN6O5Si2. The van der Waals surface area contributed by atoms with Crippen LogP contribution >= 0.6 is 0 Å². The molecule has 2 fully saturated rings. The first-order chi connectivity index (χ1) is 20.1. The number of terminal acetylenes is 1. The van der Waals surface area contributed by atoms with Crippen LogP contribution in [-0.2, 0) is 22.5 Å². The number of alkyl halides is 1. The minimum atomic E-state index is -3.18. The minimum Gasteiger partial charge on any atom is -0.414 e. The third kappa shape index (κ3) is 5.53. The van der Waals surface area contributed by atoms with Crippen molar-refractivity contribution < 1.29 is 26.9 Å². The number of hydrogen-bond donors (Lipinski definition) is 2. The van der Waals surface area contributed by atoms with Gasteiger partial charge in [-0.1, -0.05) is 75.2 Å². The highest BCUT2D eigenvalue weighted by molar-refractivity contribution is 6.84. The second-order valence-corrected chi connectivity index (χ2v) is 21.9. The number of hydrogen-bond acceptors (Lipinski definition) is 9. The van der Waals surface area contributed by atoms with Gasteiger partial charge in [0.15, 0.2) is 23.2 Å². The zero-order chi connectivity index (χ0) is 32.1. The van der Waals surface area contributed by atoms with Crippen molar-refractivity contribution >= 4 is 46.0 Å². The van der Waals surface area contributed by atoms with Crippen LogP contribution in [0.5, 0.6) is 0 Å². The van der Waals surface area contributed by atoms with E-state index in [0.717, 1.165) is 0 Å². The Kier molecular flexibility index (Phi) is 9.47. The fraction of sp³-hybridized carbons (Fsp3) is 0.724. The lowest BCUT2D eigenvalue weighted by Gasteiger charge is -2.51. The molecule has 0 spiro atoms. The number of anilines is 2. The van der Waals surface area contributed by atoms with Gasteiger partial charge >= 0.3 is 17.1 Å². The van der Waals surface area contributed by atoms with Crippen molar-refractivity contribution in [2.24, 2.45) is 5.92 Å². The quantitative estimate of drug-likeness (QED) is 0.280. The zero-order valence-corrected chi connectivity index (χ0v) is 29.2.